The Morgan fingerprint density at radius 1 is 1.44 bits per heavy atom. The van der Waals surface area contributed by atoms with Crippen molar-refractivity contribution in [3.8, 4) is 0 Å². The summed E-state index contributed by atoms with van der Waals surface area (Å²) in [4.78, 5) is 39.8. The minimum Gasteiger partial charge on any atom is -0.368 e. The number of carbonyl (C=O) groups excluding carboxylic acids is 3. The highest BCUT2D eigenvalue weighted by Gasteiger charge is 2.36. The zero-order valence-corrected chi connectivity index (χ0v) is 15.2. The van der Waals surface area contributed by atoms with Crippen LogP contribution >= 0.6 is 0 Å². The van der Waals surface area contributed by atoms with Gasteiger partial charge in [-0.1, -0.05) is 27.2 Å². The van der Waals surface area contributed by atoms with E-state index in [-0.39, 0.29) is 35.7 Å². The van der Waals surface area contributed by atoms with Gasteiger partial charge in [0, 0.05) is 12.4 Å². The van der Waals surface area contributed by atoms with Crippen LogP contribution in [0.25, 0.3) is 0 Å². The smallest absolute Gasteiger partial charge is 0.253 e. The first-order valence-corrected chi connectivity index (χ1v) is 8.62. The number of hydrogen-bond donors (Lipinski definition) is 3. The lowest BCUT2D eigenvalue weighted by Crippen LogP contribution is -2.54. The van der Waals surface area contributed by atoms with Gasteiger partial charge >= 0.3 is 0 Å². The van der Waals surface area contributed by atoms with Crippen LogP contribution in [-0.4, -0.2) is 47.4 Å². The van der Waals surface area contributed by atoms with Gasteiger partial charge in [-0.15, -0.1) is 0 Å². The summed E-state index contributed by atoms with van der Waals surface area (Å²) >= 11 is 0. The second kappa shape index (κ2) is 7.82. The number of carbonyl (C=O) groups is 3. The molecule has 1 aliphatic rings. The first-order chi connectivity index (χ1) is 11.7. The third kappa shape index (κ3) is 4.92. The molecule has 1 unspecified atom stereocenters. The van der Waals surface area contributed by atoms with Crippen molar-refractivity contribution in [1.82, 2.24) is 15.6 Å². The van der Waals surface area contributed by atoms with E-state index in [9.17, 15) is 14.4 Å². The molecule has 1 fully saturated rings. The molecule has 0 aromatic carbocycles. The molecular formula is C18H27N3O4. The molecule has 7 heteroatoms. The average Bonchev–Trinajstić information content (AvgIpc) is 3.19. The normalized spacial score (nSPS) is 21.8. The molecule has 2 heterocycles. The Labute approximate surface area is 147 Å². The maximum atomic E-state index is 12.7. The fourth-order valence-electron chi connectivity index (χ4n) is 2.73. The van der Waals surface area contributed by atoms with Gasteiger partial charge in [0.2, 0.25) is 5.91 Å². The summed E-state index contributed by atoms with van der Waals surface area (Å²) in [6.07, 6.45) is 4.19. The van der Waals surface area contributed by atoms with E-state index in [2.05, 4.69) is 15.6 Å². The summed E-state index contributed by atoms with van der Waals surface area (Å²) < 4.78 is 5.26. The van der Waals surface area contributed by atoms with Crippen molar-refractivity contribution in [3.63, 3.8) is 0 Å². The highest BCUT2D eigenvalue weighted by Crippen LogP contribution is 2.26. The van der Waals surface area contributed by atoms with Crippen molar-refractivity contribution in [2.24, 2.45) is 5.41 Å². The third-order valence-electron chi connectivity index (χ3n) is 4.80. The molecule has 0 spiro atoms. The fraction of sp³-hybridized carbons (Fsp3) is 0.611. The summed E-state index contributed by atoms with van der Waals surface area (Å²) in [6.45, 7) is 7.88. The molecule has 0 bridgehead atoms. The first kappa shape index (κ1) is 19.2. The molecule has 3 N–H and O–H groups in total. The summed E-state index contributed by atoms with van der Waals surface area (Å²) in [5.74, 6) is -0.831. The van der Waals surface area contributed by atoms with Gasteiger partial charge < -0.3 is 20.4 Å². The van der Waals surface area contributed by atoms with Crippen LogP contribution in [0.5, 0.6) is 0 Å². The Hall–Kier alpha value is -2.15. The largest absolute Gasteiger partial charge is 0.368 e. The Morgan fingerprint density at radius 3 is 2.68 bits per heavy atom. The lowest BCUT2D eigenvalue weighted by molar-refractivity contribution is -0.128. The number of Topliss-reactive ketones (excluding diaryl/α,β-unsaturated/α-hetero) is 1. The van der Waals surface area contributed by atoms with Crippen LogP contribution in [0.4, 0.5) is 0 Å². The Bertz CT molecular complexity index is 624. The minimum atomic E-state index is -0.724. The van der Waals surface area contributed by atoms with Gasteiger partial charge in [-0.2, -0.15) is 0 Å². The van der Waals surface area contributed by atoms with Crippen molar-refractivity contribution >= 4 is 17.6 Å². The Kier molecular flexibility index (Phi) is 6.00. The molecule has 138 valence electrons. The van der Waals surface area contributed by atoms with Gasteiger partial charge in [-0.05, 0) is 24.8 Å². The number of ketones is 1. The van der Waals surface area contributed by atoms with E-state index in [0.717, 1.165) is 6.42 Å². The second-order valence-electron chi connectivity index (χ2n) is 7.32. The monoisotopic (exact) mass is 349 g/mol. The molecule has 1 aromatic heterocycles. The molecule has 3 atom stereocenters. The molecule has 0 saturated carbocycles. The zero-order chi connectivity index (χ0) is 18.6. The van der Waals surface area contributed by atoms with Crippen LogP contribution in [0.2, 0.25) is 0 Å². The van der Waals surface area contributed by atoms with Gasteiger partial charge in [-0.3, -0.25) is 14.4 Å². The molecular weight excluding hydrogens is 322 g/mol. The average molecular weight is 349 g/mol. The van der Waals surface area contributed by atoms with E-state index in [4.69, 9.17) is 4.74 Å². The van der Waals surface area contributed by atoms with Gasteiger partial charge in [0.05, 0.1) is 11.7 Å². The summed E-state index contributed by atoms with van der Waals surface area (Å²) in [7, 11) is 0. The number of nitrogens with one attached hydrogen (secondary N) is 3. The van der Waals surface area contributed by atoms with Gasteiger partial charge in [0.25, 0.3) is 5.91 Å². The predicted octanol–water partition coefficient (Wildman–Crippen LogP) is 1.41. The predicted molar refractivity (Wildman–Crippen MR) is 93.1 cm³/mol. The molecule has 2 rings (SSSR count). The lowest BCUT2D eigenvalue weighted by Gasteiger charge is -2.29. The molecule has 1 saturated heterocycles. The van der Waals surface area contributed by atoms with Gasteiger partial charge in [0.15, 0.2) is 5.78 Å². The van der Waals surface area contributed by atoms with Crippen molar-refractivity contribution in [2.75, 3.05) is 6.61 Å². The number of rotatable bonds is 7. The van der Waals surface area contributed by atoms with Gasteiger partial charge in [0.1, 0.15) is 18.7 Å². The molecule has 25 heavy (non-hydrogen) atoms. The topological polar surface area (TPSA) is 100 Å². The third-order valence-corrected chi connectivity index (χ3v) is 4.80. The van der Waals surface area contributed by atoms with Crippen molar-refractivity contribution < 1.29 is 19.1 Å². The summed E-state index contributed by atoms with van der Waals surface area (Å²) in [6, 6.07) is 0.257. The van der Waals surface area contributed by atoms with Crippen LogP contribution in [0, 0.1) is 5.41 Å². The summed E-state index contributed by atoms with van der Waals surface area (Å²) in [5, 5.41) is 5.53. The second-order valence-corrected chi connectivity index (χ2v) is 7.32. The molecule has 1 aliphatic heterocycles. The van der Waals surface area contributed by atoms with E-state index in [1.165, 1.54) is 0 Å². The van der Waals surface area contributed by atoms with E-state index in [1.54, 1.807) is 25.4 Å². The Morgan fingerprint density at radius 2 is 2.16 bits per heavy atom. The van der Waals surface area contributed by atoms with E-state index >= 15 is 0 Å². The van der Waals surface area contributed by atoms with Crippen LogP contribution in [0.1, 0.15) is 50.9 Å². The van der Waals surface area contributed by atoms with Crippen LogP contribution in [0.3, 0.4) is 0 Å². The van der Waals surface area contributed by atoms with Crippen LogP contribution < -0.4 is 10.6 Å². The first-order valence-electron chi connectivity index (χ1n) is 8.62. The molecule has 1 aromatic rings. The number of aromatic nitrogens is 1. The fourth-order valence-corrected chi connectivity index (χ4v) is 2.73. The zero-order valence-electron chi connectivity index (χ0n) is 15.2. The van der Waals surface area contributed by atoms with Crippen molar-refractivity contribution in [1.29, 1.82) is 0 Å². The lowest BCUT2D eigenvalue weighted by atomic mass is 9.83. The quantitative estimate of drug-likeness (QED) is 0.693. The van der Waals surface area contributed by atoms with E-state index in [1.807, 2.05) is 20.8 Å². The van der Waals surface area contributed by atoms with E-state index in [0.29, 0.717) is 12.0 Å². The molecule has 0 aliphatic carbocycles. The minimum absolute atomic E-state index is 0.00689. The number of ether oxygens (including phenoxy) is 1. The number of aromatic amines is 1. The maximum Gasteiger partial charge on any atom is 0.253 e. The van der Waals surface area contributed by atoms with Crippen molar-refractivity contribution in [3.05, 3.63) is 24.0 Å². The number of H-pyrrole nitrogens is 1. The van der Waals surface area contributed by atoms with Gasteiger partial charge in [-0.25, -0.2) is 0 Å². The molecule has 2 amide bonds. The SMILES string of the molecule is CCC(C)(C)CC(NC(=O)c1cc[nH]c1)C(=O)N[C@@H]1C(=O)CO[C@H]1C. The molecule has 7 nitrogen and oxygen atoms in total. The summed E-state index contributed by atoms with van der Waals surface area (Å²) in [5.41, 5.74) is 0.329. The Balaban J connectivity index is 2.11. The highest BCUT2D eigenvalue weighted by molar-refractivity contribution is 5.98. The highest BCUT2D eigenvalue weighted by atomic mass is 16.5. The standard InChI is InChI=1S/C18H27N3O4/c1-5-18(3,4)8-13(20-16(23)12-6-7-19-9-12)17(24)21-15-11(2)25-10-14(15)22/h6-7,9,11,13,15,19H,5,8,10H2,1-4H3,(H,20,23)(H,21,24)/t11-,13?,15-/m0/s1. The number of amides is 2. The number of hydrogen-bond acceptors (Lipinski definition) is 4. The maximum absolute atomic E-state index is 12.7. The van der Waals surface area contributed by atoms with E-state index < -0.39 is 12.1 Å². The molecule has 0 radical (unpaired) electrons. The van der Waals surface area contributed by atoms with Crippen LogP contribution in [-0.2, 0) is 14.3 Å². The van der Waals surface area contributed by atoms with Crippen molar-refractivity contribution in [2.45, 2.75) is 58.7 Å². The van der Waals surface area contributed by atoms with Crippen LogP contribution in [0.15, 0.2) is 18.5 Å².